The summed E-state index contributed by atoms with van der Waals surface area (Å²) in [7, 11) is 0. The van der Waals surface area contributed by atoms with Crippen molar-refractivity contribution in [3.8, 4) is 0 Å². The Bertz CT molecular complexity index is 756. The highest BCUT2D eigenvalue weighted by atomic mass is 19.1. The van der Waals surface area contributed by atoms with Gasteiger partial charge in [-0.1, -0.05) is 12.1 Å². The lowest BCUT2D eigenvalue weighted by Gasteiger charge is -2.42. The van der Waals surface area contributed by atoms with Gasteiger partial charge in [0.05, 0.1) is 5.92 Å². The van der Waals surface area contributed by atoms with Crippen molar-refractivity contribution < 1.29 is 14.0 Å². The minimum atomic E-state index is -0.230. The Kier molecular flexibility index (Phi) is 6.18. The lowest BCUT2D eigenvalue weighted by Crippen LogP contribution is -2.51. The smallest absolute Gasteiger partial charge is 0.225 e. The molecule has 0 radical (unpaired) electrons. The molecule has 1 aromatic carbocycles. The highest BCUT2D eigenvalue weighted by Crippen LogP contribution is 2.32. The maximum Gasteiger partial charge on any atom is 0.225 e. The molecule has 2 saturated heterocycles. The van der Waals surface area contributed by atoms with E-state index in [9.17, 15) is 14.0 Å². The summed E-state index contributed by atoms with van der Waals surface area (Å²) in [4.78, 5) is 29.4. The number of likely N-dealkylation sites (tertiary alicyclic amines) is 2. The van der Waals surface area contributed by atoms with Crippen molar-refractivity contribution in [2.45, 2.75) is 58.0 Å². The summed E-state index contributed by atoms with van der Waals surface area (Å²) in [6.07, 6.45) is 6.08. The number of nitrogens with one attached hydrogen (secondary N) is 1. The highest BCUT2D eigenvalue weighted by molar-refractivity contribution is 5.81. The minimum absolute atomic E-state index is 0.00910. The van der Waals surface area contributed by atoms with E-state index in [0.717, 1.165) is 70.3 Å². The molecule has 1 atom stereocenters. The number of piperidine rings is 2. The maximum absolute atomic E-state index is 13.7. The Morgan fingerprint density at radius 3 is 2.52 bits per heavy atom. The normalized spacial score (nSPS) is 23.8. The number of carbonyl (C=O) groups is 2. The Hall–Kier alpha value is -1.95. The van der Waals surface area contributed by atoms with Crippen LogP contribution in [0.1, 0.15) is 49.7 Å². The first-order valence-corrected chi connectivity index (χ1v) is 11.1. The van der Waals surface area contributed by atoms with Crippen molar-refractivity contribution in [3.05, 3.63) is 35.1 Å². The van der Waals surface area contributed by atoms with Crippen LogP contribution in [0, 0.1) is 24.6 Å². The van der Waals surface area contributed by atoms with Crippen molar-refractivity contribution in [2.24, 2.45) is 11.8 Å². The molecule has 29 heavy (non-hydrogen) atoms. The molecule has 1 N–H and O–H groups in total. The summed E-state index contributed by atoms with van der Waals surface area (Å²) in [5, 5.41) is 3.00. The third-order valence-electron chi connectivity index (χ3n) is 6.75. The number of rotatable bonds is 5. The Balaban J connectivity index is 1.25. The third-order valence-corrected chi connectivity index (χ3v) is 6.75. The number of benzene rings is 1. The van der Waals surface area contributed by atoms with Crippen molar-refractivity contribution in [1.82, 2.24) is 15.1 Å². The molecule has 0 bridgehead atoms. The van der Waals surface area contributed by atoms with Gasteiger partial charge in [-0.05, 0) is 69.2 Å². The van der Waals surface area contributed by atoms with E-state index in [-0.39, 0.29) is 17.6 Å². The summed E-state index contributed by atoms with van der Waals surface area (Å²) in [5.74, 6) is 0.484. The summed E-state index contributed by atoms with van der Waals surface area (Å²) in [5.41, 5.74) is 1.41. The second-order valence-corrected chi connectivity index (χ2v) is 8.97. The van der Waals surface area contributed by atoms with Crippen LogP contribution in [0.25, 0.3) is 0 Å². The van der Waals surface area contributed by atoms with Crippen LogP contribution in [0.15, 0.2) is 18.2 Å². The van der Waals surface area contributed by atoms with Gasteiger partial charge < -0.3 is 10.2 Å². The number of hydrogen-bond acceptors (Lipinski definition) is 3. The lowest BCUT2D eigenvalue weighted by atomic mass is 9.93. The number of halogens is 1. The van der Waals surface area contributed by atoms with Gasteiger partial charge in [-0.15, -0.1) is 0 Å². The topological polar surface area (TPSA) is 52.7 Å². The molecule has 3 aliphatic rings. The summed E-state index contributed by atoms with van der Waals surface area (Å²) in [6.45, 7) is 5.64. The van der Waals surface area contributed by atoms with Gasteiger partial charge in [0.15, 0.2) is 0 Å². The largest absolute Gasteiger partial charge is 0.352 e. The van der Waals surface area contributed by atoms with E-state index in [1.165, 1.54) is 6.07 Å². The Morgan fingerprint density at radius 1 is 1.07 bits per heavy atom. The fourth-order valence-corrected chi connectivity index (χ4v) is 4.67. The molecule has 2 heterocycles. The zero-order valence-corrected chi connectivity index (χ0v) is 17.3. The van der Waals surface area contributed by atoms with Crippen LogP contribution >= 0.6 is 0 Å². The third kappa shape index (κ3) is 4.97. The van der Waals surface area contributed by atoms with Crippen LogP contribution in [0.4, 0.5) is 4.39 Å². The van der Waals surface area contributed by atoms with Crippen LogP contribution in [-0.2, 0) is 16.1 Å². The van der Waals surface area contributed by atoms with Crippen LogP contribution in [-0.4, -0.2) is 53.8 Å². The monoisotopic (exact) mass is 401 g/mol. The van der Waals surface area contributed by atoms with Gasteiger partial charge in [-0.2, -0.15) is 0 Å². The fraction of sp³-hybridized carbons (Fsp3) is 0.652. The molecule has 6 heteroatoms. The van der Waals surface area contributed by atoms with E-state index in [1.54, 1.807) is 13.0 Å². The second kappa shape index (κ2) is 8.82. The molecule has 0 aromatic heterocycles. The quantitative estimate of drug-likeness (QED) is 0.826. The standard InChI is InChI=1S/C23H32FN3O2/c1-16-4-5-17(13-21(16)24)14-25-22(28)19-3-2-10-27(15-19)20-8-11-26(12-9-20)23(29)18-6-7-18/h4-5,13,18-20H,2-3,6-12,14-15H2,1H3,(H,25,28)/t19-/m0/s1. The average Bonchev–Trinajstić information content (AvgIpc) is 3.59. The maximum atomic E-state index is 13.7. The SMILES string of the molecule is Cc1ccc(CNC(=O)[C@H]2CCCN(C3CCN(C(=O)C4CC4)CC3)C2)cc1F. The first-order chi connectivity index (χ1) is 14.0. The summed E-state index contributed by atoms with van der Waals surface area (Å²) >= 11 is 0. The number of carbonyl (C=O) groups excluding carboxylic acids is 2. The van der Waals surface area contributed by atoms with E-state index < -0.39 is 0 Å². The van der Waals surface area contributed by atoms with Gasteiger partial charge in [0.2, 0.25) is 11.8 Å². The summed E-state index contributed by atoms with van der Waals surface area (Å²) in [6, 6.07) is 5.58. The van der Waals surface area contributed by atoms with E-state index >= 15 is 0 Å². The molecule has 2 aliphatic heterocycles. The molecule has 3 fully saturated rings. The molecule has 158 valence electrons. The molecule has 1 aliphatic carbocycles. The number of hydrogen-bond donors (Lipinski definition) is 1. The van der Waals surface area contributed by atoms with Gasteiger partial charge in [0, 0.05) is 38.1 Å². The van der Waals surface area contributed by atoms with Crippen LogP contribution in [0.2, 0.25) is 0 Å². The zero-order chi connectivity index (χ0) is 20.4. The Morgan fingerprint density at radius 2 is 1.83 bits per heavy atom. The Labute approximate surface area is 172 Å². The van der Waals surface area contributed by atoms with E-state index in [2.05, 4.69) is 10.2 Å². The average molecular weight is 402 g/mol. The van der Waals surface area contributed by atoms with Crippen LogP contribution in [0.3, 0.4) is 0 Å². The van der Waals surface area contributed by atoms with Gasteiger partial charge >= 0.3 is 0 Å². The van der Waals surface area contributed by atoms with Crippen LogP contribution in [0.5, 0.6) is 0 Å². The molecule has 0 spiro atoms. The highest BCUT2D eigenvalue weighted by Gasteiger charge is 2.37. The predicted molar refractivity (Wildman–Crippen MR) is 110 cm³/mol. The first-order valence-electron chi connectivity index (χ1n) is 11.1. The number of aryl methyl sites for hydroxylation is 1. The van der Waals surface area contributed by atoms with Crippen LogP contribution < -0.4 is 5.32 Å². The van der Waals surface area contributed by atoms with Crippen molar-refractivity contribution in [2.75, 3.05) is 26.2 Å². The van der Waals surface area contributed by atoms with Gasteiger partial charge in [0.1, 0.15) is 5.82 Å². The minimum Gasteiger partial charge on any atom is -0.352 e. The second-order valence-electron chi connectivity index (χ2n) is 8.97. The zero-order valence-electron chi connectivity index (χ0n) is 17.3. The van der Waals surface area contributed by atoms with Crippen molar-refractivity contribution in [1.29, 1.82) is 0 Å². The molecule has 1 aromatic rings. The molecule has 0 unspecified atom stereocenters. The van der Waals surface area contributed by atoms with Crippen molar-refractivity contribution in [3.63, 3.8) is 0 Å². The molecule has 5 nitrogen and oxygen atoms in total. The van der Waals surface area contributed by atoms with E-state index in [4.69, 9.17) is 0 Å². The van der Waals surface area contributed by atoms with Gasteiger partial charge in [-0.25, -0.2) is 4.39 Å². The number of amides is 2. The molecular weight excluding hydrogens is 369 g/mol. The molecule has 1 saturated carbocycles. The first kappa shape index (κ1) is 20.3. The van der Waals surface area contributed by atoms with Gasteiger partial charge in [-0.3, -0.25) is 14.5 Å². The fourth-order valence-electron chi connectivity index (χ4n) is 4.67. The van der Waals surface area contributed by atoms with E-state index in [1.807, 2.05) is 11.0 Å². The summed E-state index contributed by atoms with van der Waals surface area (Å²) < 4.78 is 13.7. The van der Waals surface area contributed by atoms with Gasteiger partial charge in [0.25, 0.3) is 0 Å². The molecular formula is C23H32FN3O2. The molecule has 2 amide bonds. The molecule has 4 rings (SSSR count). The predicted octanol–water partition coefficient (Wildman–Crippen LogP) is 2.86. The van der Waals surface area contributed by atoms with E-state index in [0.29, 0.717) is 30.0 Å². The van der Waals surface area contributed by atoms with Crippen molar-refractivity contribution >= 4 is 11.8 Å². The lowest BCUT2D eigenvalue weighted by molar-refractivity contribution is -0.134. The number of nitrogens with zero attached hydrogens (tertiary/aromatic N) is 2.